The summed E-state index contributed by atoms with van der Waals surface area (Å²) in [7, 11) is -2.80. The Morgan fingerprint density at radius 2 is 2.20 bits per heavy atom. The van der Waals surface area contributed by atoms with E-state index in [0.717, 1.165) is 23.2 Å². The van der Waals surface area contributed by atoms with E-state index in [1.54, 1.807) is 11.3 Å². The SMILES string of the molecule is CC(C)NCC(Cc1ccc(Br)s1)C1CCS(=O)(=O)C1. The number of sulfone groups is 1. The van der Waals surface area contributed by atoms with Gasteiger partial charge in [0.2, 0.25) is 0 Å². The fourth-order valence-electron chi connectivity index (χ4n) is 2.71. The van der Waals surface area contributed by atoms with Crippen LogP contribution in [-0.2, 0) is 16.3 Å². The van der Waals surface area contributed by atoms with Crippen LogP contribution in [-0.4, -0.2) is 32.5 Å². The standard InChI is InChI=1S/C14H22BrNO2S2/c1-10(2)16-8-12(7-13-3-4-14(15)19-13)11-5-6-20(17,18)9-11/h3-4,10-12,16H,5-9H2,1-2H3. The molecule has 0 aromatic carbocycles. The highest BCUT2D eigenvalue weighted by molar-refractivity contribution is 9.11. The first-order chi connectivity index (χ1) is 9.35. The molecular formula is C14H22BrNO2S2. The summed E-state index contributed by atoms with van der Waals surface area (Å²) >= 11 is 5.24. The Labute approximate surface area is 134 Å². The van der Waals surface area contributed by atoms with E-state index in [0.29, 0.717) is 29.4 Å². The molecule has 114 valence electrons. The van der Waals surface area contributed by atoms with Crippen LogP contribution in [0.2, 0.25) is 0 Å². The molecule has 1 aliphatic rings. The third-order valence-corrected chi connectivity index (χ3v) is 7.25. The Balaban J connectivity index is 2.04. The second-order valence-corrected chi connectivity index (χ2v) is 10.7. The minimum atomic E-state index is -2.80. The van der Waals surface area contributed by atoms with Crippen molar-refractivity contribution in [2.24, 2.45) is 11.8 Å². The first kappa shape index (κ1) is 16.5. The fraction of sp³-hybridized carbons (Fsp3) is 0.714. The number of rotatable bonds is 6. The van der Waals surface area contributed by atoms with Crippen LogP contribution in [0, 0.1) is 11.8 Å². The molecule has 1 N–H and O–H groups in total. The molecule has 1 aromatic heterocycles. The lowest BCUT2D eigenvalue weighted by Crippen LogP contribution is -2.34. The summed E-state index contributed by atoms with van der Waals surface area (Å²) in [6.45, 7) is 5.15. The topological polar surface area (TPSA) is 46.2 Å². The Morgan fingerprint density at radius 3 is 2.70 bits per heavy atom. The number of hydrogen-bond donors (Lipinski definition) is 1. The summed E-state index contributed by atoms with van der Waals surface area (Å²) in [6.07, 6.45) is 1.79. The normalized spacial score (nSPS) is 23.3. The first-order valence-corrected chi connectivity index (χ1v) is 10.5. The zero-order valence-electron chi connectivity index (χ0n) is 11.9. The van der Waals surface area contributed by atoms with Crippen molar-refractivity contribution in [1.29, 1.82) is 0 Å². The maximum Gasteiger partial charge on any atom is 0.150 e. The summed E-state index contributed by atoms with van der Waals surface area (Å²) in [5.74, 6) is 1.43. The quantitative estimate of drug-likeness (QED) is 0.825. The van der Waals surface area contributed by atoms with Gasteiger partial charge in [0.25, 0.3) is 0 Å². The summed E-state index contributed by atoms with van der Waals surface area (Å²) in [6, 6.07) is 4.64. The fourth-order valence-corrected chi connectivity index (χ4v) is 6.20. The second kappa shape index (κ2) is 6.90. The van der Waals surface area contributed by atoms with Crippen molar-refractivity contribution in [2.75, 3.05) is 18.1 Å². The molecule has 0 spiro atoms. The van der Waals surface area contributed by atoms with Crippen molar-refractivity contribution in [3.05, 3.63) is 20.8 Å². The lowest BCUT2D eigenvalue weighted by molar-refractivity contribution is 0.335. The van der Waals surface area contributed by atoms with E-state index >= 15 is 0 Å². The molecule has 6 heteroatoms. The highest BCUT2D eigenvalue weighted by Gasteiger charge is 2.33. The van der Waals surface area contributed by atoms with Gasteiger partial charge >= 0.3 is 0 Å². The number of thiophene rings is 1. The predicted octanol–water partition coefficient (Wildman–Crippen LogP) is 3.10. The Bertz CT molecular complexity index is 539. The summed E-state index contributed by atoms with van der Waals surface area (Å²) < 4.78 is 24.6. The van der Waals surface area contributed by atoms with Crippen molar-refractivity contribution in [1.82, 2.24) is 5.32 Å². The average molecular weight is 380 g/mol. The summed E-state index contributed by atoms with van der Waals surface area (Å²) in [5, 5.41) is 3.47. The first-order valence-electron chi connectivity index (χ1n) is 7.04. The molecule has 0 radical (unpaired) electrons. The Morgan fingerprint density at radius 1 is 1.45 bits per heavy atom. The minimum absolute atomic E-state index is 0.298. The smallest absolute Gasteiger partial charge is 0.150 e. The third-order valence-electron chi connectivity index (χ3n) is 3.81. The van der Waals surface area contributed by atoms with Crippen LogP contribution in [0.15, 0.2) is 15.9 Å². The maximum atomic E-state index is 11.7. The number of hydrogen-bond acceptors (Lipinski definition) is 4. The van der Waals surface area contributed by atoms with E-state index in [-0.39, 0.29) is 0 Å². The Hall–Kier alpha value is 0.0900. The molecule has 1 fully saturated rings. The molecule has 2 atom stereocenters. The monoisotopic (exact) mass is 379 g/mol. The average Bonchev–Trinajstić information content (AvgIpc) is 2.90. The highest BCUT2D eigenvalue weighted by atomic mass is 79.9. The second-order valence-electron chi connectivity index (χ2n) is 5.90. The van der Waals surface area contributed by atoms with Gasteiger partial charge in [-0.3, -0.25) is 0 Å². The van der Waals surface area contributed by atoms with E-state index < -0.39 is 9.84 Å². The molecule has 1 saturated heterocycles. The molecular weight excluding hydrogens is 358 g/mol. The van der Waals surface area contributed by atoms with Gasteiger partial charge in [0.15, 0.2) is 9.84 Å². The minimum Gasteiger partial charge on any atom is -0.314 e. The van der Waals surface area contributed by atoms with Gasteiger partial charge in [-0.1, -0.05) is 13.8 Å². The molecule has 20 heavy (non-hydrogen) atoms. The lowest BCUT2D eigenvalue weighted by atomic mass is 9.88. The maximum absolute atomic E-state index is 11.7. The summed E-state index contributed by atoms with van der Waals surface area (Å²) in [5.41, 5.74) is 0. The molecule has 1 aliphatic heterocycles. The van der Waals surface area contributed by atoms with Crippen molar-refractivity contribution < 1.29 is 8.42 Å². The van der Waals surface area contributed by atoms with Crippen LogP contribution < -0.4 is 5.32 Å². The van der Waals surface area contributed by atoms with Crippen LogP contribution in [0.5, 0.6) is 0 Å². The molecule has 0 bridgehead atoms. The molecule has 3 nitrogen and oxygen atoms in total. The van der Waals surface area contributed by atoms with E-state index in [4.69, 9.17) is 0 Å². The number of halogens is 1. The molecule has 1 aromatic rings. The molecule has 0 aliphatic carbocycles. The van der Waals surface area contributed by atoms with Crippen LogP contribution in [0.1, 0.15) is 25.1 Å². The van der Waals surface area contributed by atoms with Crippen LogP contribution >= 0.6 is 27.3 Å². The van der Waals surface area contributed by atoms with Crippen molar-refractivity contribution in [3.63, 3.8) is 0 Å². The van der Waals surface area contributed by atoms with Crippen molar-refractivity contribution in [3.8, 4) is 0 Å². The molecule has 2 heterocycles. The number of nitrogens with one attached hydrogen (secondary N) is 1. The van der Waals surface area contributed by atoms with E-state index in [2.05, 4.69) is 47.2 Å². The summed E-state index contributed by atoms with van der Waals surface area (Å²) in [4.78, 5) is 1.33. The van der Waals surface area contributed by atoms with E-state index in [1.165, 1.54) is 4.88 Å². The van der Waals surface area contributed by atoms with E-state index in [9.17, 15) is 8.42 Å². The van der Waals surface area contributed by atoms with Crippen LogP contribution in [0.4, 0.5) is 0 Å². The van der Waals surface area contributed by atoms with E-state index in [1.807, 2.05) is 0 Å². The van der Waals surface area contributed by atoms with Crippen LogP contribution in [0.3, 0.4) is 0 Å². The van der Waals surface area contributed by atoms with Gasteiger partial charge in [0.05, 0.1) is 15.3 Å². The van der Waals surface area contributed by atoms with Gasteiger partial charge in [-0.05, 0) is 59.3 Å². The Kier molecular flexibility index (Phi) is 5.68. The molecule has 0 amide bonds. The van der Waals surface area contributed by atoms with Crippen LogP contribution in [0.25, 0.3) is 0 Å². The van der Waals surface area contributed by atoms with Crippen molar-refractivity contribution in [2.45, 2.75) is 32.7 Å². The largest absolute Gasteiger partial charge is 0.314 e. The van der Waals surface area contributed by atoms with Crippen molar-refractivity contribution >= 4 is 37.1 Å². The molecule has 0 saturated carbocycles. The third kappa shape index (κ3) is 4.83. The zero-order chi connectivity index (χ0) is 14.8. The van der Waals surface area contributed by atoms with Gasteiger partial charge in [-0.25, -0.2) is 8.42 Å². The zero-order valence-corrected chi connectivity index (χ0v) is 15.2. The van der Waals surface area contributed by atoms with Gasteiger partial charge in [-0.2, -0.15) is 0 Å². The van der Waals surface area contributed by atoms with Gasteiger partial charge in [-0.15, -0.1) is 11.3 Å². The lowest BCUT2D eigenvalue weighted by Gasteiger charge is -2.23. The van der Waals surface area contributed by atoms with Gasteiger partial charge in [0.1, 0.15) is 0 Å². The molecule has 2 unspecified atom stereocenters. The predicted molar refractivity (Wildman–Crippen MR) is 89.1 cm³/mol. The highest BCUT2D eigenvalue weighted by Crippen LogP contribution is 2.31. The van der Waals surface area contributed by atoms with Gasteiger partial charge < -0.3 is 5.32 Å². The van der Waals surface area contributed by atoms with Gasteiger partial charge in [0, 0.05) is 10.9 Å². The molecule has 2 rings (SSSR count).